The number of hydrogen-bond acceptors (Lipinski definition) is 2. The lowest BCUT2D eigenvalue weighted by Crippen LogP contribution is -2.01. The van der Waals surface area contributed by atoms with Gasteiger partial charge in [-0.1, -0.05) is 24.3 Å². The molecule has 0 aromatic heterocycles. The van der Waals surface area contributed by atoms with Crippen molar-refractivity contribution in [3.8, 4) is 0 Å². The molecule has 0 amide bonds. The summed E-state index contributed by atoms with van der Waals surface area (Å²) in [7, 11) is 0. The molecule has 72 valence electrons. The van der Waals surface area contributed by atoms with Crippen molar-refractivity contribution >= 4 is 23.3 Å². The Labute approximate surface area is 87.7 Å². The maximum absolute atomic E-state index is 10.7. The Bertz CT molecular complexity index is 535. The fourth-order valence-electron chi connectivity index (χ4n) is 1.99. The highest BCUT2D eigenvalue weighted by Crippen LogP contribution is 2.37. The standard InChI is InChI=1S/C13H9NO/c15-8-9-5-6-11-10-3-1-2-4-12(10)14-13(11)7-9/h1-4,6-8H,5H2. The molecule has 1 aliphatic carbocycles. The average molecular weight is 195 g/mol. The molecule has 2 nitrogen and oxygen atoms in total. The highest BCUT2D eigenvalue weighted by Gasteiger charge is 2.21. The SMILES string of the molecule is O=CC1=CC2=Nc3ccccc3C2=CC1. The Hall–Kier alpha value is -1.96. The molecule has 1 aromatic rings. The van der Waals surface area contributed by atoms with Gasteiger partial charge >= 0.3 is 0 Å². The van der Waals surface area contributed by atoms with E-state index in [9.17, 15) is 4.79 Å². The highest BCUT2D eigenvalue weighted by molar-refractivity contribution is 6.35. The fraction of sp³-hybridized carbons (Fsp3) is 0.0769. The number of carbonyl (C=O) groups excluding carboxylic acids is 1. The van der Waals surface area contributed by atoms with Gasteiger partial charge in [-0.2, -0.15) is 0 Å². The molecule has 1 heterocycles. The minimum absolute atomic E-state index is 0.714. The van der Waals surface area contributed by atoms with E-state index in [1.807, 2.05) is 24.3 Å². The summed E-state index contributed by atoms with van der Waals surface area (Å²) in [5.74, 6) is 0. The smallest absolute Gasteiger partial charge is 0.146 e. The lowest BCUT2D eigenvalue weighted by molar-refractivity contribution is -0.104. The van der Waals surface area contributed by atoms with Crippen LogP contribution < -0.4 is 0 Å². The number of hydrogen-bond donors (Lipinski definition) is 0. The molecule has 0 unspecified atom stereocenters. The van der Waals surface area contributed by atoms with E-state index >= 15 is 0 Å². The third kappa shape index (κ3) is 1.18. The van der Waals surface area contributed by atoms with E-state index in [-0.39, 0.29) is 0 Å². The number of benzene rings is 1. The second kappa shape index (κ2) is 3.02. The summed E-state index contributed by atoms with van der Waals surface area (Å²) < 4.78 is 0. The predicted octanol–water partition coefficient (Wildman–Crippen LogP) is 2.69. The van der Waals surface area contributed by atoms with Gasteiger partial charge in [0.15, 0.2) is 0 Å². The summed E-state index contributed by atoms with van der Waals surface area (Å²) in [6.07, 6.45) is 5.57. The number of para-hydroxylation sites is 1. The Balaban J connectivity index is 2.15. The van der Waals surface area contributed by atoms with E-state index in [4.69, 9.17) is 0 Å². The van der Waals surface area contributed by atoms with Gasteiger partial charge in [-0.3, -0.25) is 4.79 Å². The first-order valence-corrected chi connectivity index (χ1v) is 4.93. The van der Waals surface area contributed by atoms with Crippen molar-refractivity contribution < 1.29 is 4.79 Å². The van der Waals surface area contributed by atoms with Crippen LogP contribution in [0.1, 0.15) is 12.0 Å². The largest absolute Gasteiger partial charge is 0.298 e. The van der Waals surface area contributed by atoms with Crippen LogP contribution in [0, 0.1) is 0 Å². The van der Waals surface area contributed by atoms with Gasteiger partial charge in [-0.05, 0) is 24.1 Å². The van der Waals surface area contributed by atoms with Gasteiger partial charge in [0.1, 0.15) is 6.29 Å². The van der Waals surface area contributed by atoms with E-state index in [2.05, 4.69) is 17.1 Å². The molecule has 2 heteroatoms. The minimum atomic E-state index is 0.714. The Kier molecular flexibility index (Phi) is 1.68. The average Bonchev–Trinajstić information content (AvgIpc) is 2.66. The van der Waals surface area contributed by atoms with Gasteiger partial charge in [0, 0.05) is 11.1 Å². The first kappa shape index (κ1) is 8.36. The maximum atomic E-state index is 10.7. The number of fused-ring (bicyclic) bond motifs is 3. The lowest BCUT2D eigenvalue weighted by atomic mass is 9.94. The van der Waals surface area contributed by atoms with Crippen LogP contribution in [0.25, 0.3) is 5.57 Å². The summed E-state index contributed by atoms with van der Waals surface area (Å²) in [5.41, 5.74) is 5.06. The first-order chi connectivity index (χ1) is 7.38. The molecular formula is C13H9NO. The number of rotatable bonds is 1. The van der Waals surface area contributed by atoms with Gasteiger partial charge in [0.05, 0.1) is 11.4 Å². The van der Waals surface area contributed by atoms with Crippen LogP contribution in [0.15, 0.2) is 47.0 Å². The van der Waals surface area contributed by atoms with E-state index in [1.54, 1.807) is 0 Å². The summed E-state index contributed by atoms with van der Waals surface area (Å²) in [6.45, 7) is 0. The highest BCUT2D eigenvalue weighted by atomic mass is 16.1. The molecule has 0 atom stereocenters. The Morgan fingerprint density at radius 2 is 2.13 bits per heavy atom. The quantitative estimate of drug-likeness (QED) is 0.633. The molecule has 0 radical (unpaired) electrons. The molecule has 0 saturated carbocycles. The number of carbonyl (C=O) groups is 1. The molecule has 15 heavy (non-hydrogen) atoms. The van der Waals surface area contributed by atoms with Crippen LogP contribution in [0.3, 0.4) is 0 Å². The maximum Gasteiger partial charge on any atom is 0.146 e. The van der Waals surface area contributed by atoms with E-state index in [0.29, 0.717) is 6.42 Å². The summed E-state index contributed by atoms with van der Waals surface area (Å²) in [4.78, 5) is 15.2. The van der Waals surface area contributed by atoms with E-state index in [1.165, 1.54) is 5.56 Å². The number of aldehydes is 1. The predicted molar refractivity (Wildman–Crippen MR) is 60.3 cm³/mol. The zero-order valence-electron chi connectivity index (χ0n) is 8.10. The molecule has 0 fully saturated rings. The van der Waals surface area contributed by atoms with Gasteiger partial charge < -0.3 is 0 Å². The van der Waals surface area contributed by atoms with E-state index in [0.717, 1.165) is 28.8 Å². The Morgan fingerprint density at radius 3 is 3.00 bits per heavy atom. The second-order valence-corrected chi connectivity index (χ2v) is 3.67. The van der Waals surface area contributed by atoms with Crippen LogP contribution in [0.5, 0.6) is 0 Å². The third-order valence-corrected chi connectivity index (χ3v) is 2.73. The first-order valence-electron chi connectivity index (χ1n) is 4.93. The van der Waals surface area contributed by atoms with Gasteiger partial charge in [0.25, 0.3) is 0 Å². The van der Waals surface area contributed by atoms with Crippen molar-refractivity contribution in [1.82, 2.24) is 0 Å². The fourth-order valence-corrected chi connectivity index (χ4v) is 1.99. The lowest BCUT2D eigenvalue weighted by Gasteiger charge is -2.07. The molecule has 3 rings (SSSR count). The number of allylic oxidation sites excluding steroid dienone is 4. The zero-order chi connectivity index (χ0) is 10.3. The van der Waals surface area contributed by atoms with Crippen LogP contribution in [-0.4, -0.2) is 12.0 Å². The van der Waals surface area contributed by atoms with Gasteiger partial charge in [0.2, 0.25) is 0 Å². The van der Waals surface area contributed by atoms with E-state index < -0.39 is 0 Å². The van der Waals surface area contributed by atoms with Crippen LogP contribution in [0.2, 0.25) is 0 Å². The summed E-state index contributed by atoms with van der Waals surface area (Å²) in [5, 5.41) is 0. The topological polar surface area (TPSA) is 29.4 Å². The zero-order valence-corrected chi connectivity index (χ0v) is 8.10. The molecule has 2 aliphatic rings. The molecule has 0 N–H and O–H groups in total. The molecule has 0 saturated heterocycles. The van der Waals surface area contributed by atoms with Gasteiger partial charge in [-0.15, -0.1) is 0 Å². The second-order valence-electron chi connectivity index (χ2n) is 3.67. The molecule has 1 aliphatic heterocycles. The summed E-state index contributed by atoms with van der Waals surface area (Å²) >= 11 is 0. The normalized spacial score (nSPS) is 17.2. The molecule has 1 aromatic carbocycles. The van der Waals surface area contributed by atoms with Crippen LogP contribution in [-0.2, 0) is 4.79 Å². The number of aliphatic imine (C=N–C) groups is 1. The van der Waals surface area contributed by atoms with Crippen molar-refractivity contribution in [2.75, 3.05) is 0 Å². The van der Waals surface area contributed by atoms with Crippen molar-refractivity contribution in [2.24, 2.45) is 4.99 Å². The molecule has 0 bridgehead atoms. The molecule has 0 spiro atoms. The van der Waals surface area contributed by atoms with Crippen molar-refractivity contribution in [3.05, 3.63) is 47.6 Å². The van der Waals surface area contributed by atoms with Crippen LogP contribution in [0.4, 0.5) is 5.69 Å². The Morgan fingerprint density at radius 1 is 1.27 bits per heavy atom. The minimum Gasteiger partial charge on any atom is -0.298 e. The molecular weight excluding hydrogens is 186 g/mol. The number of nitrogens with zero attached hydrogens (tertiary/aromatic N) is 1. The van der Waals surface area contributed by atoms with Crippen molar-refractivity contribution in [3.63, 3.8) is 0 Å². The van der Waals surface area contributed by atoms with Crippen molar-refractivity contribution in [2.45, 2.75) is 6.42 Å². The summed E-state index contributed by atoms with van der Waals surface area (Å²) in [6, 6.07) is 8.05. The monoisotopic (exact) mass is 195 g/mol. The third-order valence-electron chi connectivity index (χ3n) is 2.73. The van der Waals surface area contributed by atoms with Crippen molar-refractivity contribution in [1.29, 1.82) is 0 Å². The van der Waals surface area contributed by atoms with Gasteiger partial charge in [-0.25, -0.2) is 4.99 Å². The van der Waals surface area contributed by atoms with Crippen LogP contribution >= 0.6 is 0 Å².